The Labute approximate surface area is 398 Å². The number of rotatable bonds is 3. The van der Waals surface area contributed by atoms with E-state index >= 15 is 0 Å². The van der Waals surface area contributed by atoms with Gasteiger partial charge >= 0.3 is 0 Å². The molecule has 326 valence electrons. The monoisotopic (exact) mass is 893 g/mol. The molecule has 2 aliphatic carbocycles. The van der Waals surface area contributed by atoms with E-state index in [2.05, 4.69) is 197 Å². The summed E-state index contributed by atoms with van der Waals surface area (Å²) < 4.78 is 5.46. The minimum Gasteiger partial charge on any atom is -0.335 e. The van der Waals surface area contributed by atoms with Gasteiger partial charge in [-0.15, -0.1) is 11.3 Å². The third-order valence-electron chi connectivity index (χ3n) is 17.1. The quantitative estimate of drug-likeness (QED) is 0.164. The fourth-order valence-corrected chi connectivity index (χ4v) is 16.0. The largest absolute Gasteiger partial charge is 0.335 e. The van der Waals surface area contributed by atoms with Gasteiger partial charge in [0.25, 0.3) is 6.71 Å². The summed E-state index contributed by atoms with van der Waals surface area (Å²) >= 11 is 3.95. The summed E-state index contributed by atoms with van der Waals surface area (Å²) in [6.45, 7) is 19.9. The summed E-state index contributed by atoms with van der Waals surface area (Å²) in [5.41, 5.74) is 19.6. The van der Waals surface area contributed by atoms with E-state index < -0.39 is 0 Å². The lowest BCUT2D eigenvalue weighted by Crippen LogP contribution is -2.64. The maximum absolute atomic E-state index is 2.94. The molecule has 6 heteroatoms. The Morgan fingerprint density at radius 1 is 0.712 bits per heavy atom. The van der Waals surface area contributed by atoms with Crippen molar-refractivity contribution in [3.63, 3.8) is 0 Å². The van der Waals surface area contributed by atoms with E-state index in [0.717, 1.165) is 6.42 Å². The summed E-state index contributed by atoms with van der Waals surface area (Å²) in [5.74, 6) is 0.334. The van der Waals surface area contributed by atoms with Crippen LogP contribution in [0.4, 0.5) is 28.4 Å². The van der Waals surface area contributed by atoms with Gasteiger partial charge in [0.15, 0.2) is 0 Å². The zero-order valence-corrected chi connectivity index (χ0v) is 41.1. The van der Waals surface area contributed by atoms with Crippen LogP contribution in [-0.4, -0.2) is 16.8 Å². The number of nitrogens with zero attached hydrogens (tertiary/aromatic N) is 3. The number of benzene rings is 6. The Morgan fingerprint density at radius 3 is 2.26 bits per heavy atom. The fraction of sp³-hybridized carbons (Fsp3) is 0.300. The second-order valence-electron chi connectivity index (χ2n) is 22.8. The SMILES string of the molecule is CC(C)(C)c1cc2c3c(c1)C1(C)CCCCC1(C)N3c1cc(N(c3ccccc3)c3cccc4sc5ccccc5c34)cc3c1B2c1cc(C(C)(C)C)cc2c4c(n-3c12)C1CC=CC=C1S4. The molecule has 66 heavy (non-hydrogen) atoms. The second-order valence-corrected chi connectivity index (χ2v) is 24.9. The van der Waals surface area contributed by atoms with Crippen LogP contribution in [0.15, 0.2) is 137 Å². The molecule has 1 fully saturated rings. The van der Waals surface area contributed by atoms with Gasteiger partial charge in [0, 0.05) is 75.7 Å². The molecule has 3 unspecified atom stereocenters. The lowest BCUT2D eigenvalue weighted by atomic mass is 9.33. The Balaban J connectivity index is 1.17. The van der Waals surface area contributed by atoms with Crippen molar-refractivity contribution in [3.05, 3.63) is 155 Å². The predicted octanol–water partition coefficient (Wildman–Crippen LogP) is 15.0. The zero-order valence-electron chi connectivity index (χ0n) is 39.5. The maximum Gasteiger partial charge on any atom is 0.252 e. The third-order valence-corrected chi connectivity index (χ3v) is 19.5. The summed E-state index contributed by atoms with van der Waals surface area (Å²) in [6, 6.07) is 43.0. The Hall–Kier alpha value is -5.43. The average molecular weight is 894 g/mol. The number of hydrogen-bond acceptors (Lipinski definition) is 4. The van der Waals surface area contributed by atoms with E-state index in [0.29, 0.717) is 5.92 Å². The maximum atomic E-state index is 2.94. The highest BCUT2D eigenvalue weighted by atomic mass is 32.2. The lowest BCUT2D eigenvalue weighted by molar-refractivity contribution is 0.195. The van der Waals surface area contributed by atoms with Crippen molar-refractivity contribution in [1.29, 1.82) is 0 Å². The topological polar surface area (TPSA) is 11.4 Å². The van der Waals surface area contributed by atoms with E-state index in [1.165, 1.54) is 134 Å². The van der Waals surface area contributed by atoms with Crippen molar-refractivity contribution in [2.45, 2.75) is 120 Å². The highest BCUT2D eigenvalue weighted by molar-refractivity contribution is 8.03. The van der Waals surface area contributed by atoms with Gasteiger partial charge in [0.2, 0.25) is 0 Å². The highest BCUT2D eigenvalue weighted by Gasteiger charge is 2.62. The zero-order chi connectivity index (χ0) is 44.8. The molecule has 6 aliphatic rings. The van der Waals surface area contributed by atoms with Crippen LogP contribution in [0.1, 0.15) is 116 Å². The van der Waals surface area contributed by atoms with E-state index in [4.69, 9.17) is 0 Å². The third kappa shape index (κ3) is 5.02. The molecule has 0 amide bonds. The molecule has 0 spiro atoms. The number of thiophene rings is 1. The molecule has 3 nitrogen and oxygen atoms in total. The number of fused-ring (bicyclic) bond motifs is 15. The highest BCUT2D eigenvalue weighted by Crippen LogP contribution is 2.63. The van der Waals surface area contributed by atoms with Gasteiger partial charge in [-0.05, 0) is 124 Å². The number of para-hydroxylation sites is 1. The molecular formula is C60H56BN3S2. The number of thioether (sulfide) groups is 1. The first-order chi connectivity index (χ1) is 31.7. The van der Waals surface area contributed by atoms with Crippen molar-refractivity contribution < 1.29 is 0 Å². The summed E-state index contributed by atoms with van der Waals surface area (Å²) in [5, 5.41) is 4.08. The predicted molar refractivity (Wildman–Crippen MR) is 286 cm³/mol. The van der Waals surface area contributed by atoms with Gasteiger partial charge in [-0.2, -0.15) is 0 Å². The van der Waals surface area contributed by atoms with Gasteiger partial charge < -0.3 is 14.4 Å². The van der Waals surface area contributed by atoms with Crippen LogP contribution >= 0.6 is 23.1 Å². The minimum absolute atomic E-state index is 0.00278. The normalized spacial score (nSPS) is 22.1. The van der Waals surface area contributed by atoms with Crippen LogP contribution in [0.5, 0.6) is 0 Å². The van der Waals surface area contributed by atoms with Crippen LogP contribution in [0.25, 0.3) is 36.8 Å². The van der Waals surface area contributed by atoms with Crippen LogP contribution in [0.3, 0.4) is 0 Å². The van der Waals surface area contributed by atoms with Crippen LogP contribution < -0.4 is 26.2 Å². The fourth-order valence-electron chi connectivity index (χ4n) is 13.6. The van der Waals surface area contributed by atoms with Crippen molar-refractivity contribution in [2.75, 3.05) is 9.80 Å². The van der Waals surface area contributed by atoms with Gasteiger partial charge in [-0.3, -0.25) is 0 Å². The summed E-state index contributed by atoms with van der Waals surface area (Å²) in [4.78, 5) is 8.49. The molecule has 8 aromatic rings. The average Bonchev–Trinajstić information content (AvgIpc) is 4.02. The molecule has 14 rings (SSSR count). The number of allylic oxidation sites excluding steroid dienone is 4. The Bertz CT molecular complexity index is 3520. The summed E-state index contributed by atoms with van der Waals surface area (Å²) in [6.07, 6.45) is 13.0. The molecule has 1 saturated carbocycles. The first-order valence-electron chi connectivity index (χ1n) is 24.4. The van der Waals surface area contributed by atoms with Crippen LogP contribution in [0, 0.1) is 0 Å². The molecule has 6 aromatic carbocycles. The molecule has 0 radical (unpaired) electrons. The van der Waals surface area contributed by atoms with Gasteiger partial charge in [-0.1, -0.05) is 152 Å². The standard InChI is InChI=1S/C60H56BN3S2/c1-57(2,3)35-29-41-53-43(31-35)61-44-32-36(58(4,5)6)30-42-55(44)64(60(8)28-17-16-27-59(42,60)7)47-34-38(33-46(52(47)61)63(53)54-40-22-13-15-25-49(40)66-56(41)54)62(37-19-10-9-11-20-37)45-23-18-26-50-51(45)39-21-12-14-24-48(39)65-50/h9-15,18-21,23-26,29-34,40H,16-17,22,27-28H2,1-8H3. The molecular weight excluding hydrogens is 838 g/mol. The van der Waals surface area contributed by atoms with E-state index in [1.54, 1.807) is 5.56 Å². The van der Waals surface area contributed by atoms with Crippen molar-refractivity contribution >= 4 is 106 Å². The molecule has 0 bridgehead atoms. The molecule has 4 aliphatic heterocycles. The van der Waals surface area contributed by atoms with Gasteiger partial charge in [0.1, 0.15) is 0 Å². The van der Waals surface area contributed by atoms with E-state index in [9.17, 15) is 0 Å². The van der Waals surface area contributed by atoms with Crippen molar-refractivity contribution in [2.24, 2.45) is 0 Å². The first kappa shape index (κ1) is 39.7. The van der Waals surface area contributed by atoms with Gasteiger partial charge in [-0.25, -0.2) is 0 Å². The number of hydrogen-bond donors (Lipinski definition) is 0. The van der Waals surface area contributed by atoms with Crippen molar-refractivity contribution in [1.82, 2.24) is 4.57 Å². The summed E-state index contributed by atoms with van der Waals surface area (Å²) in [7, 11) is 0. The smallest absolute Gasteiger partial charge is 0.252 e. The number of anilines is 5. The molecule has 3 atom stereocenters. The lowest BCUT2D eigenvalue weighted by Gasteiger charge is -2.52. The van der Waals surface area contributed by atoms with Crippen LogP contribution in [0.2, 0.25) is 0 Å². The van der Waals surface area contributed by atoms with E-state index in [1.807, 2.05) is 23.1 Å². The molecule has 0 saturated heterocycles. The molecule has 2 aromatic heterocycles. The number of aromatic nitrogens is 1. The molecule has 6 heterocycles. The van der Waals surface area contributed by atoms with Crippen LogP contribution in [-0.2, 0) is 16.2 Å². The van der Waals surface area contributed by atoms with E-state index in [-0.39, 0.29) is 28.5 Å². The first-order valence-corrected chi connectivity index (χ1v) is 26.1. The minimum atomic E-state index is -0.0984. The second kappa shape index (κ2) is 13.2. The van der Waals surface area contributed by atoms with Gasteiger partial charge in [0.05, 0.1) is 16.9 Å². The Morgan fingerprint density at radius 2 is 1.44 bits per heavy atom. The Kier molecular flexibility index (Phi) is 7.93. The van der Waals surface area contributed by atoms with Crippen molar-refractivity contribution in [3.8, 4) is 5.69 Å². The molecule has 0 N–H and O–H groups in total.